The molecule has 0 aliphatic rings. The summed E-state index contributed by atoms with van der Waals surface area (Å²) in [5.41, 5.74) is 1.14. The largest absolute Gasteiger partial charge is 0.375 e. The van der Waals surface area contributed by atoms with Gasteiger partial charge in [0.25, 0.3) is 5.91 Å². The molecule has 2 aromatic rings. The van der Waals surface area contributed by atoms with Crippen LogP contribution in [0, 0.1) is 0 Å². The van der Waals surface area contributed by atoms with Gasteiger partial charge in [-0.05, 0) is 30.9 Å². The first-order valence-electron chi connectivity index (χ1n) is 6.75. The molecule has 3 nitrogen and oxygen atoms in total. The summed E-state index contributed by atoms with van der Waals surface area (Å²) in [5.74, 6) is -0.0314. The fourth-order valence-corrected chi connectivity index (χ4v) is 3.26. The van der Waals surface area contributed by atoms with E-state index in [1.54, 1.807) is 11.8 Å². The minimum absolute atomic E-state index is 0.0129. The maximum atomic E-state index is 12.1. The van der Waals surface area contributed by atoms with Crippen LogP contribution in [0.3, 0.4) is 0 Å². The van der Waals surface area contributed by atoms with Gasteiger partial charge in [0, 0.05) is 6.04 Å². The third-order valence-corrected chi connectivity index (χ3v) is 5.03. The van der Waals surface area contributed by atoms with Gasteiger partial charge in [-0.15, -0.1) is 23.1 Å². The number of thioether (sulfide) groups is 1. The van der Waals surface area contributed by atoms with E-state index in [-0.39, 0.29) is 11.9 Å². The lowest BCUT2D eigenvalue weighted by Gasteiger charge is -2.13. The summed E-state index contributed by atoms with van der Waals surface area (Å²) in [6.07, 6.45) is 2.01. The van der Waals surface area contributed by atoms with Crippen LogP contribution < -0.4 is 5.32 Å². The van der Waals surface area contributed by atoms with Crippen molar-refractivity contribution in [3.8, 4) is 0 Å². The van der Waals surface area contributed by atoms with Gasteiger partial charge in [-0.1, -0.05) is 30.3 Å². The Balaban J connectivity index is 1.73. The van der Waals surface area contributed by atoms with Crippen molar-refractivity contribution >= 4 is 29.0 Å². The molecule has 1 unspecified atom stereocenters. The normalized spacial score (nSPS) is 12.1. The van der Waals surface area contributed by atoms with E-state index in [0.717, 1.165) is 14.6 Å². The van der Waals surface area contributed by atoms with Crippen LogP contribution in [-0.4, -0.2) is 24.8 Å². The molecule has 0 fully saturated rings. The molecule has 0 bridgehead atoms. The molecule has 21 heavy (non-hydrogen) atoms. The van der Waals surface area contributed by atoms with Crippen molar-refractivity contribution in [1.82, 2.24) is 5.32 Å². The van der Waals surface area contributed by atoms with Gasteiger partial charge in [0.2, 0.25) is 0 Å². The second kappa shape index (κ2) is 8.22. The molecule has 1 aromatic heterocycles. The minimum atomic E-state index is -0.0314. The SMILES string of the molecule is CSc1ccc(C(=O)NC(C)COCc2ccccc2)s1. The number of carbonyl (C=O) groups is 1. The van der Waals surface area contributed by atoms with Crippen molar-refractivity contribution in [2.24, 2.45) is 0 Å². The predicted molar refractivity (Wildman–Crippen MR) is 89.1 cm³/mol. The summed E-state index contributed by atoms with van der Waals surface area (Å²) in [6, 6.07) is 13.8. The van der Waals surface area contributed by atoms with E-state index in [9.17, 15) is 4.79 Å². The van der Waals surface area contributed by atoms with Crippen LogP contribution in [-0.2, 0) is 11.3 Å². The van der Waals surface area contributed by atoms with E-state index >= 15 is 0 Å². The zero-order chi connectivity index (χ0) is 15.1. The molecule has 0 aliphatic carbocycles. The fraction of sp³-hybridized carbons (Fsp3) is 0.312. The Bertz CT molecular complexity index is 569. The van der Waals surface area contributed by atoms with Gasteiger partial charge in [0.15, 0.2) is 0 Å². The number of rotatable bonds is 7. The fourth-order valence-electron chi connectivity index (χ4n) is 1.82. The van der Waals surface area contributed by atoms with Crippen LogP contribution in [0.4, 0.5) is 0 Å². The van der Waals surface area contributed by atoms with Gasteiger partial charge in [-0.3, -0.25) is 4.79 Å². The highest BCUT2D eigenvalue weighted by atomic mass is 32.2. The molecule has 0 radical (unpaired) electrons. The quantitative estimate of drug-likeness (QED) is 0.788. The molecule has 1 amide bonds. The molecular formula is C16H19NO2S2. The van der Waals surface area contributed by atoms with Crippen molar-refractivity contribution in [3.63, 3.8) is 0 Å². The average molecular weight is 321 g/mol. The molecule has 1 aromatic carbocycles. The molecule has 0 saturated carbocycles. The molecule has 1 N–H and O–H groups in total. The van der Waals surface area contributed by atoms with Crippen molar-refractivity contribution in [2.45, 2.75) is 23.8 Å². The van der Waals surface area contributed by atoms with Crippen molar-refractivity contribution in [1.29, 1.82) is 0 Å². The topological polar surface area (TPSA) is 38.3 Å². The molecule has 2 rings (SSSR count). The molecule has 0 aliphatic heterocycles. The van der Waals surface area contributed by atoms with E-state index < -0.39 is 0 Å². The molecule has 1 heterocycles. The lowest BCUT2D eigenvalue weighted by molar-refractivity contribution is 0.0823. The smallest absolute Gasteiger partial charge is 0.261 e. The van der Waals surface area contributed by atoms with Crippen LogP contribution in [0.1, 0.15) is 22.2 Å². The zero-order valence-electron chi connectivity index (χ0n) is 12.2. The first-order chi connectivity index (χ1) is 10.2. The Morgan fingerprint density at radius 3 is 2.71 bits per heavy atom. The van der Waals surface area contributed by atoms with E-state index in [2.05, 4.69) is 5.32 Å². The zero-order valence-corrected chi connectivity index (χ0v) is 13.8. The highest BCUT2D eigenvalue weighted by molar-refractivity contribution is 8.00. The number of nitrogens with one attached hydrogen (secondary N) is 1. The number of carbonyl (C=O) groups excluding carboxylic acids is 1. The molecule has 0 saturated heterocycles. The molecule has 1 atom stereocenters. The first-order valence-corrected chi connectivity index (χ1v) is 8.79. The number of amides is 1. The van der Waals surface area contributed by atoms with E-state index in [1.165, 1.54) is 11.3 Å². The Kier molecular flexibility index (Phi) is 6.29. The highest BCUT2D eigenvalue weighted by Gasteiger charge is 2.12. The molecular weight excluding hydrogens is 302 g/mol. The van der Waals surface area contributed by atoms with Gasteiger partial charge in [-0.25, -0.2) is 0 Å². The number of hydrogen-bond donors (Lipinski definition) is 1. The second-order valence-electron chi connectivity index (χ2n) is 4.70. The number of benzene rings is 1. The summed E-state index contributed by atoms with van der Waals surface area (Å²) in [6.45, 7) is 3.02. The summed E-state index contributed by atoms with van der Waals surface area (Å²) in [4.78, 5) is 12.8. The van der Waals surface area contributed by atoms with Gasteiger partial charge < -0.3 is 10.1 Å². The van der Waals surface area contributed by atoms with Gasteiger partial charge in [0.1, 0.15) is 0 Å². The third-order valence-electron chi connectivity index (χ3n) is 2.86. The van der Waals surface area contributed by atoms with Crippen LogP contribution in [0.25, 0.3) is 0 Å². The Labute approximate surface area is 133 Å². The predicted octanol–water partition coefficient (Wildman–Crippen LogP) is 3.81. The minimum Gasteiger partial charge on any atom is -0.375 e. The Morgan fingerprint density at radius 1 is 1.29 bits per heavy atom. The first kappa shape index (κ1) is 16.1. The van der Waals surface area contributed by atoms with Crippen LogP contribution >= 0.6 is 23.1 Å². The highest BCUT2D eigenvalue weighted by Crippen LogP contribution is 2.24. The van der Waals surface area contributed by atoms with Crippen LogP contribution in [0.5, 0.6) is 0 Å². The van der Waals surface area contributed by atoms with Crippen molar-refractivity contribution in [2.75, 3.05) is 12.9 Å². The maximum Gasteiger partial charge on any atom is 0.261 e. The van der Waals surface area contributed by atoms with Gasteiger partial charge in [0.05, 0.1) is 22.3 Å². The average Bonchev–Trinajstić information content (AvgIpc) is 2.97. The van der Waals surface area contributed by atoms with Crippen LogP contribution in [0.2, 0.25) is 0 Å². The van der Waals surface area contributed by atoms with Gasteiger partial charge >= 0.3 is 0 Å². The second-order valence-corrected chi connectivity index (χ2v) is 6.89. The van der Waals surface area contributed by atoms with E-state index in [4.69, 9.17) is 4.74 Å². The Morgan fingerprint density at radius 2 is 2.05 bits per heavy atom. The lowest BCUT2D eigenvalue weighted by Crippen LogP contribution is -2.35. The standard InChI is InChI=1S/C16H19NO2S2/c1-12(10-19-11-13-6-4-3-5-7-13)17-16(18)14-8-9-15(20-2)21-14/h3-9,12H,10-11H2,1-2H3,(H,17,18). The summed E-state index contributed by atoms with van der Waals surface area (Å²) in [7, 11) is 0. The number of ether oxygens (including phenoxy) is 1. The van der Waals surface area contributed by atoms with Crippen molar-refractivity contribution in [3.05, 3.63) is 52.9 Å². The number of thiophene rings is 1. The Hall–Kier alpha value is -1.30. The third kappa shape index (κ3) is 5.19. The summed E-state index contributed by atoms with van der Waals surface area (Å²) >= 11 is 3.17. The summed E-state index contributed by atoms with van der Waals surface area (Å²) in [5, 5.41) is 2.96. The molecule has 0 spiro atoms. The monoisotopic (exact) mass is 321 g/mol. The molecule has 5 heteroatoms. The summed E-state index contributed by atoms with van der Waals surface area (Å²) < 4.78 is 6.78. The maximum absolute atomic E-state index is 12.1. The number of hydrogen-bond acceptors (Lipinski definition) is 4. The van der Waals surface area contributed by atoms with E-state index in [1.807, 2.05) is 55.6 Å². The lowest BCUT2D eigenvalue weighted by atomic mass is 10.2. The van der Waals surface area contributed by atoms with Gasteiger partial charge in [-0.2, -0.15) is 0 Å². The van der Waals surface area contributed by atoms with Crippen molar-refractivity contribution < 1.29 is 9.53 Å². The van der Waals surface area contributed by atoms with Crippen LogP contribution in [0.15, 0.2) is 46.7 Å². The molecule has 112 valence electrons. The van der Waals surface area contributed by atoms with E-state index in [0.29, 0.717) is 13.2 Å².